The topological polar surface area (TPSA) is 768 Å². The van der Waals surface area contributed by atoms with Crippen molar-refractivity contribution in [3.8, 4) is 0 Å². The Morgan fingerprint density at radius 3 is 1.31 bits per heavy atom. The molecule has 27 atom stereocenters. The van der Waals surface area contributed by atoms with Crippen LogP contribution < -0.4 is 68.1 Å². The van der Waals surface area contributed by atoms with Crippen LogP contribution in [0.3, 0.4) is 0 Å². The minimum absolute atomic E-state index is 0.0196. The van der Waals surface area contributed by atoms with Gasteiger partial charge in [-0.3, -0.25) is 102 Å². The molecular formula is C79H119N18O42P5S3. The molecule has 7 aromatic rings. The molecule has 60 nitrogen and oxygen atoms in total. The molecule has 820 valence electrons. The van der Waals surface area contributed by atoms with Crippen LogP contribution in [0.4, 0.5) is 23.4 Å². The highest BCUT2D eigenvalue weighted by atomic mass is 32.7. The van der Waals surface area contributed by atoms with Gasteiger partial charge in [-0.25, -0.2) is 51.8 Å². The van der Waals surface area contributed by atoms with Crippen molar-refractivity contribution in [2.24, 2.45) is 0 Å². The van der Waals surface area contributed by atoms with E-state index in [1.165, 1.54) is 88.0 Å². The number of aryl methyl sites for hydroxylation is 5. The van der Waals surface area contributed by atoms with E-state index < -0.39 is 280 Å². The molecule has 14 N–H and O–H groups in total. The molecule has 68 heteroatoms. The molecule has 6 aliphatic rings. The lowest BCUT2D eigenvalue weighted by atomic mass is 10.1. The Bertz CT molecular complexity index is 6510. The van der Waals surface area contributed by atoms with Gasteiger partial charge in [0, 0.05) is 101 Å². The molecule has 7 aromatic heterocycles. The van der Waals surface area contributed by atoms with Crippen molar-refractivity contribution in [1.29, 1.82) is 0 Å². The molecule has 13 heterocycles. The Balaban J connectivity index is 0.809. The van der Waals surface area contributed by atoms with Gasteiger partial charge >= 0.3 is 64.5 Å². The van der Waals surface area contributed by atoms with Crippen LogP contribution in [0, 0.1) is 34.6 Å². The molecular weight excluding hydrogens is 2120 g/mol. The van der Waals surface area contributed by atoms with E-state index in [4.69, 9.17) is 144 Å². The number of nitrogens with one attached hydrogen (secondary N) is 3. The predicted octanol–water partition coefficient (Wildman–Crippen LogP) is 0.844. The van der Waals surface area contributed by atoms with Crippen LogP contribution >= 0.6 is 72.8 Å². The van der Waals surface area contributed by atoms with E-state index in [1.807, 2.05) is 6.92 Å². The van der Waals surface area contributed by atoms with E-state index >= 15 is 18.3 Å². The number of aliphatic hydroxyl groups is 1. The summed E-state index contributed by atoms with van der Waals surface area (Å²) in [6, 6.07) is 0. The molecule has 0 saturated carbocycles. The second-order valence-corrected chi connectivity index (χ2v) is 45.8. The normalized spacial score (nSPS) is 28.9. The maximum absolute atomic E-state index is 15.8. The van der Waals surface area contributed by atoms with Crippen LogP contribution in [0.15, 0.2) is 75.7 Å². The first-order valence-corrected chi connectivity index (χ1v) is 56.6. The molecule has 13 rings (SSSR count). The van der Waals surface area contributed by atoms with Crippen LogP contribution in [-0.2, 0) is 150 Å². The zero-order chi connectivity index (χ0) is 107. The Hall–Kier alpha value is -7.41. The average molecular weight is 2240 g/mol. The molecule has 13 unspecified atom stereocenters. The molecule has 0 aliphatic carbocycles. The van der Waals surface area contributed by atoms with Crippen molar-refractivity contribution in [3.05, 3.63) is 149 Å². The number of imidazole rings is 1. The van der Waals surface area contributed by atoms with Gasteiger partial charge in [0.15, 0.2) is 36.1 Å². The number of aromatic nitrogens is 14. The molecule has 6 fully saturated rings. The maximum atomic E-state index is 15.8. The third kappa shape index (κ3) is 28.4. The summed E-state index contributed by atoms with van der Waals surface area (Å²) in [4.78, 5) is 159. The lowest BCUT2D eigenvalue weighted by Gasteiger charge is -2.37. The lowest BCUT2D eigenvalue weighted by Crippen LogP contribution is -2.51. The van der Waals surface area contributed by atoms with Gasteiger partial charge < -0.3 is 114 Å². The lowest BCUT2D eigenvalue weighted by molar-refractivity contribution is -0.159. The van der Waals surface area contributed by atoms with Crippen LogP contribution in [-0.4, -0.2) is 321 Å². The number of fused-ring (bicyclic) bond motifs is 1. The summed E-state index contributed by atoms with van der Waals surface area (Å²) in [6.45, 7) is -14.6. The van der Waals surface area contributed by atoms with E-state index in [0.717, 1.165) is 52.8 Å². The Morgan fingerprint density at radius 2 is 0.837 bits per heavy atom. The summed E-state index contributed by atoms with van der Waals surface area (Å²) in [7, 11) is -5.29. The number of phosphoric acid groups is 2. The maximum Gasteiger partial charge on any atom is 0.472 e. The van der Waals surface area contributed by atoms with E-state index in [0.29, 0.717) is 18.4 Å². The number of rotatable bonds is 55. The number of thiol groups is 3. The van der Waals surface area contributed by atoms with Crippen molar-refractivity contribution in [2.45, 2.75) is 208 Å². The van der Waals surface area contributed by atoms with Gasteiger partial charge in [0.2, 0.25) is 11.7 Å². The van der Waals surface area contributed by atoms with E-state index in [9.17, 15) is 57.8 Å². The first-order valence-electron chi connectivity index (χ1n) is 45.5. The summed E-state index contributed by atoms with van der Waals surface area (Å²) in [5.41, 5.74) is 14.5. The van der Waals surface area contributed by atoms with Crippen molar-refractivity contribution in [1.82, 2.24) is 67.3 Å². The number of hydrogen-bond donors (Lipinski definition) is 13. The summed E-state index contributed by atoms with van der Waals surface area (Å²) < 4.78 is 239. The molecule has 0 bridgehead atoms. The fraction of sp³-hybridized carbons (Fsp3) is 0.684. The number of hydrogen-bond acceptors (Lipinski definition) is 49. The predicted molar refractivity (Wildman–Crippen MR) is 517 cm³/mol. The number of phosphoric ester groups is 2. The minimum atomic E-state index is -6.00. The second-order valence-electron chi connectivity index (χ2n) is 34.4. The second kappa shape index (κ2) is 50.7. The summed E-state index contributed by atoms with van der Waals surface area (Å²) >= 11 is 13.2. The van der Waals surface area contributed by atoms with Gasteiger partial charge in [-0.1, -0.05) is 62.9 Å². The fourth-order valence-electron chi connectivity index (χ4n) is 16.8. The first kappa shape index (κ1) is 117. The average Bonchev–Trinajstić information content (AvgIpc) is 1.57. The number of aromatic amines is 3. The molecule has 0 radical (unpaired) electrons. The van der Waals surface area contributed by atoms with Crippen molar-refractivity contribution in [2.75, 3.05) is 164 Å². The van der Waals surface area contributed by atoms with Crippen LogP contribution in [0.2, 0.25) is 0 Å². The third-order valence-electron chi connectivity index (χ3n) is 24.1. The van der Waals surface area contributed by atoms with Gasteiger partial charge in [0.05, 0.1) is 124 Å². The van der Waals surface area contributed by atoms with E-state index in [1.54, 1.807) is 6.92 Å². The number of nitrogens with zero attached hydrogens (tertiary/aromatic N) is 11. The van der Waals surface area contributed by atoms with Gasteiger partial charge in [0.1, 0.15) is 109 Å². The molecule has 0 aromatic carbocycles. The number of nitrogen functional groups attached to an aromatic ring is 4. The Labute approximate surface area is 850 Å². The van der Waals surface area contributed by atoms with Gasteiger partial charge in [-0.15, -0.1) is 0 Å². The van der Waals surface area contributed by atoms with E-state index in [2.05, 4.69) is 76.6 Å². The number of ether oxygens (including phenoxy) is 16. The monoisotopic (exact) mass is 2240 g/mol. The van der Waals surface area contributed by atoms with Crippen LogP contribution in [0.25, 0.3) is 11.2 Å². The van der Waals surface area contributed by atoms with Crippen LogP contribution in [0.1, 0.15) is 98.0 Å². The summed E-state index contributed by atoms with van der Waals surface area (Å²) in [5, 5.41) is 11.8. The fourth-order valence-corrected chi connectivity index (χ4v) is 23.2. The van der Waals surface area contributed by atoms with Crippen molar-refractivity contribution in [3.63, 3.8) is 0 Å². The molecule has 0 amide bonds. The van der Waals surface area contributed by atoms with Crippen molar-refractivity contribution < 1.29 is 159 Å². The van der Waals surface area contributed by atoms with Crippen molar-refractivity contribution >= 4 is 107 Å². The Kier molecular flexibility index (Phi) is 40.2. The van der Waals surface area contributed by atoms with Gasteiger partial charge in [-0.05, 0) is 41.0 Å². The number of methoxy groups -OCH3 is 5. The molecule has 6 aliphatic heterocycles. The largest absolute Gasteiger partial charge is 0.472 e. The van der Waals surface area contributed by atoms with Gasteiger partial charge in [0.25, 0.3) is 16.7 Å². The number of anilines is 4. The number of aliphatic hydroxyl groups excluding tert-OH is 1. The molecule has 147 heavy (non-hydrogen) atoms. The number of nitrogens with two attached hydrogens (primary N) is 4. The van der Waals surface area contributed by atoms with Gasteiger partial charge in [-0.2, -0.15) is 19.9 Å². The number of unbranched alkanes of at least 4 members (excludes halogenated alkanes) is 2. The van der Waals surface area contributed by atoms with Crippen LogP contribution in [0.5, 0.6) is 0 Å². The molecule has 6 saturated heterocycles. The SMILES string of the molecule is CCCCC[C@H]1O[C@@H](n2cc(C)c(=O)[nH]c2=O)CC1OP(=O)(S)OC[C@H]1O[C@@H](n2cc(C)c(N)nc2=O)C(OCCOC)C1OP(=O)(O)OC[C@H]1O[C@@H](n2cc(C)c(=O)[nH]c2=O)[C@@H](OCCOC)C1OP(=O)(O)OC[C@H]1OC[C@@](OCCOC)(n2cnc3c(=O)[nH]c(N)nc32)C1OP(=O)(S)OC[C@H]1O[C@@H](n2cc(C)c(N)nc2=O)[C@@H](OCCOC)C1OP(=O)(S)OC[C@H]1O[C@@H](n2cc(C)c(N)nc2=O)C(OCCOC)C1O. The minimum Gasteiger partial charge on any atom is -0.387 e. The molecule has 0 spiro atoms. The highest BCUT2D eigenvalue weighted by Crippen LogP contribution is 2.62. The summed E-state index contributed by atoms with van der Waals surface area (Å²) in [6.07, 6.45) is -25.9. The van der Waals surface area contributed by atoms with E-state index in [-0.39, 0.29) is 105 Å². The Morgan fingerprint density at radius 1 is 0.442 bits per heavy atom. The standard InChI is InChI=1S/C79H119N18O42P5S3/c1-12-13-14-15-44-45(26-51(130-44)92-30-42(5)66(99)90-77(92)105)135-142(111,145)128-34-48-55(59(121-23-18-116-9)70(133-48)94-28-40(3)63(81)86-75(94)103)137-140(107,108)125-33-47-54(58(120-22-17-115-8)71(132-47)96-31-43(6)67(100)91-78(96)106)136-141(109,110)126-36-50-61(79(37-123-50,124-25-20-118-11)97-38-84-52-65(97)88-73(83)89-68(52)101)139-144(113,147)129-35-49-56(60(122-24-19-117-10)72(134-49)95-29-41(4)64(82)87-76(95)104)138-143(112,146)127-32-46-53(98)57(119-21-16-114-7)69(131-46)93-27-39(2)62(80)85-74(93)102/h27-31,38,44-51,53-61,69-72,98H,12-26,32-37H2,1-11H3,(H,107,108)(H,109,110)(H,111,145)(H,112,146)(H,113,147)(H2,80,85,102)(H2,81,86,103)(H2,82,87,104)(H,90,99,105)(H,91,100,106)(H3,83,88,89,101)/t44-,45?,46-,47-,48-,49-,50-,51-,53?,54?,55?,56?,57?,58+,59?,60+,61?,69-,70-,71-,72-,79+,142?,143?,144?/m1/s1. The quantitative estimate of drug-likeness (QED) is 0.0143. The first-order chi connectivity index (χ1) is 69.7. The zero-order valence-corrected chi connectivity index (χ0v) is 88.2. The third-order valence-corrected chi connectivity index (χ3v) is 30.9. The number of H-pyrrole nitrogens is 3. The zero-order valence-electron chi connectivity index (χ0n) is 81.0. The smallest absolute Gasteiger partial charge is 0.387 e. The highest BCUT2D eigenvalue weighted by Gasteiger charge is 2.61. The summed E-state index contributed by atoms with van der Waals surface area (Å²) in [5.74, 6) is -0.991. The highest BCUT2D eigenvalue weighted by molar-refractivity contribution is 8.45.